The van der Waals surface area contributed by atoms with E-state index in [1.54, 1.807) is 18.2 Å². The lowest BCUT2D eigenvalue weighted by atomic mass is 10.0. The summed E-state index contributed by atoms with van der Waals surface area (Å²) < 4.78 is 0. The fraction of sp³-hybridized carbons (Fsp3) is 0.462. The lowest BCUT2D eigenvalue weighted by Crippen LogP contribution is -2.26. The van der Waals surface area contributed by atoms with Gasteiger partial charge in [0.2, 0.25) is 0 Å². The Balaban J connectivity index is 2.94. The summed E-state index contributed by atoms with van der Waals surface area (Å²) in [6, 6.07) is 7.43. The number of carbonyl (C=O) groups is 1. The van der Waals surface area contributed by atoms with Gasteiger partial charge in [0.05, 0.1) is 5.56 Å². The summed E-state index contributed by atoms with van der Waals surface area (Å²) in [5, 5.41) is 8.93. The molecule has 0 aliphatic rings. The SMILES string of the molecule is CCN(CC)C(C)c1cccc(C(=O)O)c1. The molecular formula is C13H19NO2. The highest BCUT2D eigenvalue weighted by Crippen LogP contribution is 2.20. The maximum atomic E-state index is 10.9. The van der Waals surface area contributed by atoms with E-state index in [-0.39, 0.29) is 6.04 Å². The zero-order chi connectivity index (χ0) is 12.1. The molecule has 0 saturated carbocycles. The molecule has 1 aromatic carbocycles. The van der Waals surface area contributed by atoms with E-state index < -0.39 is 5.97 Å². The Morgan fingerprint density at radius 2 is 2.00 bits per heavy atom. The molecule has 0 fully saturated rings. The monoisotopic (exact) mass is 221 g/mol. The molecule has 0 radical (unpaired) electrons. The highest BCUT2D eigenvalue weighted by Gasteiger charge is 2.13. The van der Waals surface area contributed by atoms with E-state index in [0.29, 0.717) is 5.56 Å². The van der Waals surface area contributed by atoms with Crippen LogP contribution in [0.15, 0.2) is 24.3 Å². The first-order valence-electron chi connectivity index (χ1n) is 5.67. The fourth-order valence-electron chi connectivity index (χ4n) is 1.91. The second-order valence-electron chi connectivity index (χ2n) is 3.83. The average molecular weight is 221 g/mol. The predicted molar refractivity (Wildman–Crippen MR) is 64.7 cm³/mol. The molecule has 1 unspecified atom stereocenters. The highest BCUT2D eigenvalue weighted by molar-refractivity contribution is 5.87. The van der Waals surface area contributed by atoms with Gasteiger partial charge in [0.25, 0.3) is 0 Å². The minimum atomic E-state index is -0.867. The number of hydrogen-bond acceptors (Lipinski definition) is 2. The van der Waals surface area contributed by atoms with Crippen LogP contribution in [0.1, 0.15) is 42.7 Å². The van der Waals surface area contributed by atoms with Crippen LogP contribution in [-0.4, -0.2) is 29.1 Å². The second kappa shape index (κ2) is 5.66. The van der Waals surface area contributed by atoms with Gasteiger partial charge < -0.3 is 5.11 Å². The molecule has 0 aromatic heterocycles. The van der Waals surface area contributed by atoms with Crippen LogP contribution in [-0.2, 0) is 0 Å². The maximum absolute atomic E-state index is 10.9. The highest BCUT2D eigenvalue weighted by atomic mass is 16.4. The Bertz CT molecular complexity index is 359. The van der Waals surface area contributed by atoms with Crippen molar-refractivity contribution in [3.63, 3.8) is 0 Å². The molecule has 1 N–H and O–H groups in total. The molecule has 0 spiro atoms. The Labute approximate surface area is 96.7 Å². The molecule has 1 atom stereocenters. The van der Waals surface area contributed by atoms with Crippen molar-refractivity contribution in [3.05, 3.63) is 35.4 Å². The number of aromatic carboxylic acids is 1. The molecule has 3 nitrogen and oxygen atoms in total. The molecule has 0 saturated heterocycles. The summed E-state index contributed by atoms with van der Waals surface area (Å²) in [4.78, 5) is 13.2. The summed E-state index contributed by atoms with van der Waals surface area (Å²) in [7, 11) is 0. The summed E-state index contributed by atoms with van der Waals surface area (Å²) in [5.74, 6) is -0.867. The molecule has 0 bridgehead atoms. The molecule has 1 rings (SSSR count). The van der Waals surface area contributed by atoms with Crippen molar-refractivity contribution >= 4 is 5.97 Å². The van der Waals surface area contributed by atoms with E-state index in [1.165, 1.54) is 0 Å². The molecule has 1 aromatic rings. The van der Waals surface area contributed by atoms with Crippen molar-refractivity contribution in [2.24, 2.45) is 0 Å². The van der Waals surface area contributed by atoms with E-state index in [2.05, 4.69) is 25.7 Å². The van der Waals surface area contributed by atoms with Crippen molar-refractivity contribution < 1.29 is 9.90 Å². The number of carboxylic acids is 1. The predicted octanol–water partition coefficient (Wildman–Crippen LogP) is 2.79. The van der Waals surface area contributed by atoms with Crippen molar-refractivity contribution in [1.82, 2.24) is 4.90 Å². The first-order valence-corrected chi connectivity index (χ1v) is 5.67. The van der Waals surface area contributed by atoms with Gasteiger partial charge in [0.1, 0.15) is 0 Å². The van der Waals surface area contributed by atoms with Gasteiger partial charge in [-0.2, -0.15) is 0 Å². The quantitative estimate of drug-likeness (QED) is 0.831. The van der Waals surface area contributed by atoms with Crippen molar-refractivity contribution in [2.45, 2.75) is 26.8 Å². The van der Waals surface area contributed by atoms with Crippen LogP contribution in [0.5, 0.6) is 0 Å². The molecule has 3 heteroatoms. The van der Waals surface area contributed by atoms with Gasteiger partial charge in [0.15, 0.2) is 0 Å². The number of nitrogens with zero attached hydrogens (tertiary/aromatic N) is 1. The third kappa shape index (κ3) is 2.83. The molecular weight excluding hydrogens is 202 g/mol. The largest absolute Gasteiger partial charge is 0.478 e. The Morgan fingerprint density at radius 1 is 1.38 bits per heavy atom. The third-order valence-electron chi connectivity index (χ3n) is 2.98. The lowest BCUT2D eigenvalue weighted by Gasteiger charge is -2.26. The normalized spacial score (nSPS) is 12.8. The van der Waals surface area contributed by atoms with Crippen molar-refractivity contribution in [3.8, 4) is 0 Å². The Kier molecular flexibility index (Phi) is 4.50. The first-order chi connectivity index (χ1) is 7.60. The van der Waals surface area contributed by atoms with E-state index in [9.17, 15) is 4.79 Å². The summed E-state index contributed by atoms with van der Waals surface area (Å²) in [6.07, 6.45) is 0. The van der Waals surface area contributed by atoms with Crippen LogP contribution >= 0.6 is 0 Å². The van der Waals surface area contributed by atoms with Gasteiger partial charge in [-0.05, 0) is 37.7 Å². The summed E-state index contributed by atoms with van der Waals surface area (Å²) in [5.41, 5.74) is 1.42. The van der Waals surface area contributed by atoms with Gasteiger partial charge in [-0.1, -0.05) is 26.0 Å². The lowest BCUT2D eigenvalue weighted by molar-refractivity contribution is 0.0696. The molecule has 0 heterocycles. The number of hydrogen-bond donors (Lipinski definition) is 1. The summed E-state index contributed by atoms with van der Waals surface area (Å²) in [6.45, 7) is 8.26. The van der Waals surface area contributed by atoms with Crippen LogP contribution in [0, 0.1) is 0 Å². The summed E-state index contributed by atoms with van der Waals surface area (Å²) >= 11 is 0. The number of carboxylic acid groups (broad SMARTS) is 1. The van der Waals surface area contributed by atoms with Crippen LogP contribution in [0.4, 0.5) is 0 Å². The van der Waals surface area contributed by atoms with Gasteiger partial charge >= 0.3 is 5.97 Å². The van der Waals surface area contributed by atoms with E-state index >= 15 is 0 Å². The van der Waals surface area contributed by atoms with E-state index in [0.717, 1.165) is 18.7 Å². The van der Waals surface area contributed by atoms with E-state index in [1.807, 2.05) is 6.07 Å². The third-order valence-corrected chi connectivity index (χ3v) is 2.98. The number of benzene rings is 1. The van der Waals surface area contributed by atoms with Gasteiger partial charge in [-0.25, -0.2) is 4.79 Å². The van der Waals surface area contributed by atoms with Gasteiger partial charge in [-0.15, -0.1) is 0 Å². The average Bonchev–Trinajstić information content (AvgIpc) is 2.30. The minimum absolute atomic E-state index is 0.259. The van der Waals surface area contributed by atoms with Crippen LogP contribution in [0.25, 0.3) is 0 Å². The standard InChI is InChI=1S/C13H19NO2/c1-4-14(5-2)10(3)11-7-6-8-12(9-11)13(15)16/h6-10H,4-5H2,1-3H3,(H,15,16). The molecule has 0 aliphatic carbocycles. The van der Waals surface area contributed by atoms with Crippen LogP contribution in [0.2, 0.25) is 0 Å². The topological polar surface area (TPSA) is 40.5 Å². The van der Waals surface area contributed by atoms with Crippen LogP contribution in [0.3, 0.4) is 0 Å². The van der Waals surface area contributed by atoms with E-state index in [4.69, 9.17) is 5.11 Å². The Morgan fingerprint density at radius 3 is 2.50 bits per heavy atom. The van der Waals surface area contributed by atoms with Crippen molar-refractivity contribution in [1.29, 1.82) is 0 Å². The molecule has 16 heavy (non-hydrogen) atoms. The first kappa shape index (κ1) is 12.7. The second-order valence-corrected chi connectivity index (χ2v) is 3.83. The minimum Gasteiger partial charge on any atom is -0.478 e. The fourth-order valence-corrected chi connectivity index (χ4v) is 1.91. The maximum Gasteiger partial charge on any atom is 0.335 e. The number of rotatable bonds is 5. The zero-order valence-corrected chi connectivity index (χ0v) is 10.1. The molecule has 0 amide bonds. The van der Waals surface area contributed by atoms with Crippen LogP contribution < -0.4 is 0 Å². The smallest absolute Gasteiger partial charge is 0.335 e. The van der Waals surface area contributed by atoms with Gasteiger partial charge in [0, 0.05) is 6.04 Å². The zero-order valence-electron chi connectivity index (χ0n) is 10.1. The Hall–Kier alpha value is -1.35. The van der Waals surface area contributed by atoms with Gasteiger partial charge in [-0.3, -0.25) is 4.90 Å². The van der Waals surface area contributed by atoms with Crippen molar-refractivity contribution in [2.75, 3.05) is 13.1 Å². The molecule has 0 aliphatic heterocycles. The molecule has 88 valence electrons.